The van der Waals surface area contributed by atoms with Crippen molar-refractivity contribution in [1.29, 1.82) is 0 Å². The van der Waals surface area contributed by atoms with Crippen molar-refractivity contribution in [2.75, 3.05) is 17.3 Å². The van der Waals surface area contributed by atoms with Crippen LogP contribution in [-0.2, 0) is 6.18 Å². The summed E-state index contributed by atoms with van der Waals surface area (Å²) in [6.45, 7) is 1.87. The Morgan fingerprint density at radius 3 is 2.58 bits per heavy atom. The Labute approximate surface area is 113 Å². The molecular formula is C12H14F3NO2S. The molecule has 106 valence electrons. The van der Waals surface area contributed by atoms with E-state index in [4.69, 9.17) is 5.11 Å². The lowest BCUT2D eigenvalue weighted by Crippen LogP contribution is -2.19. The van der Waals surface area contributed by atoms with Crippen LogP contribution in [0.25, 0.3) is 0 Å². The van der Waals surface area contributed by atoms with Gasteiger partial charge in [-0.2, -0.15) is 24.9 Å². The second-order valence-electron chi connectivity index (χ2n) is 4.06. The fraction of sp³-hybridized carbons (Fsp3) is 0.417. The molecule has 1 atom stereocenters. The van der Waals surface area contributed by atoms with E-state index in [-0.39, 0.29) is 6.04 Å². The zero-order valence-corrected chi connectivity index (χ0v) is 11.2. The minimum atomic E-state index is -4.67. The minimum Gasteiger partial charge on any atom is -0.478 e. The Bertz CT molecular complexity index is 463. The van der Waals surface area contributed by atoms with Crippen molar-refractivity contribution in [1.82, 2.24) is 0 Å². The number of benzene rings is 1. The predicted molar refractivity (Wildman–Crippen MR) is 69.9 cm³/mol. The van der Waals surface area contributed by atoms with Crippen LogP contribution in [0.3, 0.4) is 0 Å². The highest BCUT2D eigenvalue weighted by Gasteiger charge is 2.35. The highest BCUT2D eigenvalue weighted by molar-refractivity contribution is 7.98. The Kier molecular flexibility index (Phi) is 5.11. The number of hydrogen-bond acceptors (Lipinski definition) is 3. The molecular weight excluding hydrogens is 279 g/mol. The normalized spacial score (nSPS) is 13.1. The summed E-state index contributed by atoms with van der Waals surface area (Å²) < 4.78 is 37.9. The summed E-state index contributed by atoms with van der Waals surface area (Å²) >= 11 is 1.59. The number of carbonyl (C=O) groups is 1. The number of carboxylic acid groups (broad SMARTS) is 1. The maximum Gasteiger partial charge on any atom is 0.417 e. The fourth-order valence-corrected chi connectivity index (χ4v) is 2.22. The van der Waals surface area contributed by atoms with Crippen molar-refractivity contribution in [2.45, 2.75) is 19.1 Å². The van der Waals surface area contributed by atoms with Gasteiger partial charge in [0.25, 0.3) is 0 Å². The van der Waals surface area contributed by atoms with Gasteiger partial charge >= 0.3 is 12.1 Å². The van der Waals surface area contributed by atoms with E-state index in [1.807, 2.05) is 13.2 Å². The van der Waals surface area contributed by atoms with Gasteiger partial charge in [-0.05, 0) is 31.4 Å². The molecule has 0 radical (unpaired) electrons. The van der Waals surface area contributed by atoms with E-state index in [0.29, 0.717) is 5.69 Å². The summed E-state index contributed by atoms with van der Waals surface area (Å²) in [5.41, 5.74) is -1.51. The van der Waals surface area contributed by atoms with Crippen molar-refractivity contribution in [3.63, 3.8) is 0 Å². The summed E-state index contributed by atoms with van der Waals surface area (Å²) in [4.78, 5) is 10.9. The molecule has 0 spiro atoms. The van der Waals surface area contributed by atoms with Gasteiger partial charge in [-0.25, -0.2) is 4.79 Å². The number of thioether (sulfide) groups is 1. The Morgan fingerprint density at radius 2 is 2.11 bits per heavy atom. The van der Waals surface area contributed by atoms with E-state index in [1.54, 1.807) is 11.8 Å². The Balaban J connectivity index is 3.07. The standard InChI is InChI=1S/C12H14F3NO2S/c1-7(6-19-2)16-8-3-4-10(12(13,14)15)9(5-8)11(17)18/h3-5,7,16H,6H2,1-2H3,(H,17,18). The molecule has 0 saturated carbocycles. The molecule has 0 amide bonds. The van der Waals surface area contributed by atoms with Gasteiger partial charge in [-0.1, -0.05) is 0 Å². The number of alkyl halides is 3. The van der Waals surface area contributed by atoms with E-state index >= 15 is 0 Å². The van der Waals surface area contributed by atoms with E-state index in [9.17, 15) is 18.0 Å². The van der Waals surface area contributed by atoms with Gasteiger partial charge in [0.15, 0.2) is 0 Å². The van der Waals surface area contributed by atoms with Crippen molar-refractivity contribution in [3.8, 4) is 0 Å². The molecule has 1 unspecified atom stereocenters. The van der Waals surface area contributed by atoms with Gasteiger partial charge < -0.3 is 10.4 Å². The molecule has 19 heavy (non-hydrogen) atoms. The molecule has 0 aromatic heterocycles. The van der Waals surface area contributed by atoms with Crippen LogP contribution < -0.4 is 5.32 Å². The quantitative estimate of drug-likeness (QED) is 0.871. The van der Waals surface area contributed by atoms with Crippen LogP contribution in [0.2, 0.25) is 0 Å². The Morgan fingerprint density at radius 1 is 1.47 bits per heavy atom. The summed E-state index contributed by atoms with van der Waals surface area (Å²) in [6.07, 6.45) is -2.76. The number of anilines is 1. The average Bonchev–Trinajstić information content (AvgIpc) is 2.27. The van der Waals surface area contributed by atoms with Gasteiger partial charge in [0.2, 0.25) is 0 Å². The van der Waals surface area contributed by atoms with Gasteiger partial charge in [-0.3, -0.25) is 0 Å². The number of nitrogens with one attached hydrogen (secondary N) is 1. The van der Waals surface area contributed by atoms with Gasteiger partial charge in [0.1, 0.15) is 0 Å². The molecule has 0 saturated heterocycles. The van der Waals surface area contributed by atoms with Gasteiger partial charge in [0, 0.05) is 17.5 Å². The maximum absolute atomic E-state index is 12.6. The lowest BCUT2D eigenvalue weighted by Gasteiger charge is -2.16. The number of hydrogen-bond donors (Lipinski definition) is 2. The lowest BCUT2D eigenvalue weighted by molar-refractivity contribution is -0.138. The van der Waals surface area contributed by atoms with E-state index in [2.05, 4.69) is 5.32 Å². The number of rotatable bonds is 5. The number of halogens is 3. The lowest BCUT2D eigenvalue weighted by atomic mass is 10.1. The third kappa shape index (κ3) is 4.34. The fourth-order valence-electron chi connectivity index (χ4n) is 1.63. The van der Waals surface area contributed by atoms with Crippen molar-refractivity contribution < 1.29 is 23.1 Å². The zero-order valence-electron chi connectivity index (χ0n) is 10.4. The molecule has 7 heteroatoms. The largest absolute Gasteiger partial charge is 0.478 e. The van der Waals surface area contributed by atoms with Crippen LogP contribution in [0.5, 0.6) is 0 Å². The third-order valence-electron chi connectivity index (χ3n) is 2.39. The second-order valence-corrected chi connectivity index (χ2v) is 4.97. The van der Waals surface area contributed by atoms with Crippen LogP contribution in [0, 0.1) is 0 Å². The summed E-state index contributed by atoms with van der Waals surface area (Å²) in [7, 11) is 0. The first-order chi connectivity index (χ1) is 8.75. The summed E-state index contributed by atoms with van der Waals surface area (Å²) in [6, 6.07) is 3.08. The predicted octanol–water partition coefficient (Wildman–Crippen LogP) is 3.57. The first-order valence-electron chi connectivity index (χ1n) is 5.45. The van der Waals surface area contributed by atoms with Crippen molar-refractivity contribution in [2.24, 2.45) is 0 Å². The molecule has 1 aromatic carbocycles. The van der Waals surface area contributed by atoms with Crippen LogP contribution in [0.4, 0.5) is 18.9 Å². The first-order valence-corrected chi connectivity index (χ1v) is 6.85. The van der Waals surface area contributed by atoms with Crippen molar-refractivity contribution >= 4 is 23.4 Å². The van der Waals surface area contributed by atoms with E-state index in [0.717, 1.165) is 17.9 Å². The molecule has 0 aliphatic carbocycles. The SMILES string of the molecule is CSCC(C)Nc1ccc(C(F)(F)F)c(C(=O)O)c1. The number of carboxylic acids is 1. The topological polar surface area (TPSA) is 49.3 Å². The average molecular weight is 293 g/mol. The molecule has 1 aromatic rings. The van der Waals surface area contributed by atoms with Gasteiger partial charge in [0.05, 0.1) is 11.1 Å². The van der Waals surface area contributed by atoms with Crippen LogP contribution in [0.15, 0.2) is 18.2 Å². The first kappa shape index (κ1) is 15.7. The molecule has 0 aliphatic heterocycles. The second kappa shape index (κ2) is 6.18. The maximum atomic E-state index is 12.6. The van der Waals surface area contributed by atoms with E-state index < -0.39 is 23.3 Å². The summed E-state index contributed by atoms with van der Waals surface area (Å²) in [5.74, 6) is -0.822. The highest BCUT2D eigenvalue weighted by Crippen LogP contribution is 2.33. The zero-order chi connectivity index (χ0) is 14.6. The molecule has 0 aliphatic rings. The number of aromatic carboxylic acids is 1. The van der Waals surface area contributed by atoms with Crippen LogP contribution in [0.1, 0.15) is 22.8 Å². The molecule has 0 fully saturated rings. The smallest absolute Gasteiger partial charge is 0.417 e. The molecule has 0 heterocycles. The summed E-state index contributed by atoms with van der Waals surface area (Å²) in [5, 5.41) is 11.8. The molecule has 3 nitrogen and oxygen atoms in total. The highest BCUT2D eigenvalue weighted by atomic mass is 32.2. The molecule has 0 bridgehead atoms. The molecule has 2 N–H and O–H groups in total. The minimum absolute atomic E-state index is 0.0355. The van der Waals surface area contributed by atoms with Crippen LogP contribution >= 0.6 is 11.8 Å². The molecule has 1 rings (SSSR count). The van der Waals surface area contributed by atoms with E-state index in [1.165, 1.54) is 6.07 Å². The Hall–Kier alpha value is -1.37. The van der Waals surface area contributed by atoms with Crippen LogP contribution in [-0.4, -0.2) is 29.1 Å². The monoisotopic (exact) mass is 293 g/mol. The van der Waals surface area contributed by atoms with Crippen molar-refractivity contribution in [3.05, 3.63) is 29.3 Å². The third-order valence-corrected chi connectivity index (χ3v) is 3.22. The van der Waals surface area contributed by atoms with Gasteiger partial charge in [-0.15, -0.1) is 0 Å².